The van der Waals surface area contributed by atoms with Crippen LogP contribution >= 0.6 is 11.8 Å². The Balaban J connectivity index is 1.71. The van der Waals surface area contributed by atoms with Crippen molar-refractivity contribution in [2.24, 2.45) is 4.99 Å². The number of sulfone groups is 1. The second-order valence-corrected chi connectivity index (χ2v) is 10.4. The van der Waals surface area contributed by atoms with E-state index < -0.39 is 20.7 Å². The molecule has 2 aromatic carbocycles. The van der Waals surface area contributed by atoms with E-state index in [1.165, 1.54) is 36.0 Å². The molecule has 0 aromatic heterocycles. The van der Waals surface area contributed by atoms with Crippen LogP contribution in [-0.2, 0) is 9.84 Å². The lowest BCUT2D eigenvalue weighted by Crippen LogP contribution is -2.37. The summed E-state index contributed by atoms with van der Waals surface area (Å²) < 4.78 is 24.2. The summed E-state index contributed by atoms with van der Waals surface area (Å²) in [4.78, 5) is 29.1. The van der Waals surface area contributed by atoms with Crippen molar-refractivity contribution >= 4 is 44.0 Å². The number of fused-ring (bicyclic) bond motifs is 1. The molecule has 8 nitrogen and oxygen atoms in total. The topological polar surface area (TPSA) is 110 Å². The summed E-state index contributed by atoms with van der Waals surface area (Å²) in [6.45, 7) is 1.95. The predicted molar refractivity (Wildman–Crippen MR) is 112 cm³/mol. The molecular formula is C19H17N3O5S2. The SMILES string of the molecule is Cc1ccc(N2C(=NC(=O)c3cccc([N+](=O)[O-])c3)SC3CS(=O)(=O)CC32)cc1. The number of nitro groups is 1. The maximum absolute atomic E-state index is 12.7. The number of aryl methyl sites for hydroxylation is 1. The monoisotopic (exact) mass is 431 g/mol. The first-order valence-corrected chi connectivity index (χ1v) is 11.5. The van der Waals surface area contributed by atoms with Gasteiger partial charge < -0.3 is 4.90 Å². The van der Waals surface area contributed by atoms with Gasteiger partial charge in [0.2, 0.25) is 0 Å². The zero-order chi connectivity index (χ0) is 20.8. The number of nitro benzene ring substituents is 1. The predicted octanol–water partition coefficient (Wildman–Crippen LogP) is 2.82. The zero-order valence-corrected chi connectivity index (χ0v) is 17.0. The first-order valence-electron chi connectivity index (χ1n) is 8.84. The summed E-state index contributed by atoms with van der Waals surface area (Å²) in [5.41, 5.74) is 1.75. The number of nitrogens with zero attached hydrogens (tertiary/aromatic N) is 3. The normalized spacial score (nSPS) is 23.9. The van der Waals surface area contributed by atoms with E-state index in [0.717, 1.165) is 11.3 Å². The Morgan fingerprint density at radius 1 is 1.21 bits per heavy atom. The number of carbonyl (C=O) groups is 1. The van der Waals surface area contributed by atoms with Crippen LogP contribution in [0.1, 0.15) is 15.9 Å². The number of amidine groups is 1. The van der Waals surface area contributed by atoms with Gasteiger partial charge in [0.15, 0.2) is 15.0 Å². The fourth-order valence-electron chi connectivity index (χ4n) is 3.48. The van der Waals surface area contributed by atoms with Gasteiger partial charge in [-0.25, -0.2) is 8.42 Å². The van der Waals surface area contributed by atoms with Gasteiger partial charge in [-0.05, 0) is 25.1 Å². The fourth-order valence-corrected chi connectivity index (χ4v) is 7.39. The van der Waals surface area contributed by atoms with Gasteiger partial charge in [-0.2, -0.15) is 4.99 Å². The molecule has 2 aliphatic rings. The average Bonchev–Trinajstić information content (AvgIpc) is 3.13. The molecule has 0 aliphatic carbocycles. The van der Waals surface area contributed by atoms with E-state index in [1.807, 2.05) is 31.2 Å². The third kappa shape index (κ3) is 3.90. The van der Waals surface area contributed by atoms with Gasteiger partial charge in [0, 0.05) is 28.6 Å². The van der Waals surface area contributed by atoms with Crippen molar-refractivity contribution in [2.75, 3.05) is 16.4 Å². The minimum atomic E-state index is -3.15. The molecule has 0 N–H and O–H groups in total. The van der Waals surface area contributed by atoms with Crippen LogP contribution in [0.5, 0.6) is 0 Å². The van der Waals surface area contributed by atoms with Gasteiger partial charge in [0.05, 0.1) is 22.5 Å². The van der Waals surface area contributed by atoms with Crippen LogP contribution in [-0.4, -0.2) is 47.2 Å². The highest BCUT2D eigenvalue weighted by molar-refractivity contribution is 8.16. The van der Waals surface area contributed by atoms with Crippen LogP contribution < -0.4 is 4.90 Å². The molecule has 10 heteroatoms. The fraction of sp³-hybridized carbons (Fsp3) is 0.263. The van der Waals surface area contributed by atoms with E-state index >= 15 is 0 Å². The minimum absolute atomic E-state index is 0.00254. The lowest BCUT2D eigenvalue weighted by Gasteiger charge is -2.24. The van der Waals surface area contributed by atoms with Crippen molar-refractivity contribution in [1.82, 2.24) is 0 Å². The molecule has 2 heterocycles. The van der Waals surface area contributed by atoms with E-state index in [2.05, 4.69) is 4.99 Å². The lowest BCUT2D eigenvalue weighted by molar-refractivity contribution is -0.384. The molecule has 2 aliphatic heterocycles. The Morgan fingerprint density at radius 3 is 2.62 bits per heavy atom. The third-order valence-electron chi connectivity index (χ3n) is 4.88. The van der Waals surface area contributed by atoms with Crippen LogP contribution in [0.2, 0.25) is 0 Å². The highest BCUT2D eigenvalue weighted by atomic mass is 32.2. The number of thioether (sulfide) groups is 1. The summed E-state index contributed by atoms with van der Waals surface area (Å²) in [6, 6.07) is 12.7. The van der Waals surface area contributed by atoms with Crippen LogP contribution in [0.4, 0.5) is 11.4 Å². The van der Waals surface area contributed by atoms with Crippen LogP contribution in [0, 0.1) is 17.0 Å². The molecule has 2 unspecified atom stereocenters. The van der Waals surface area contributed by atoms with Gasteiger partial charge in [0.1, 0.15) is 0 Å². The molecule has 0 radical (unpaired) electrons. The number of aliphatic imine (C=N–C) groups is 1. The molecule has 2 aromatic rings. The van der Waals surface area contributed by atoms with Crippen LogP contribution in [0.3, 0.4) is 0 Å². The molecule has 1 amide bonds. The second kappa shape index (κ2) is 7.27. The standard InChI is InChI=1S/C19H17N3O5S2/c1-12-5-7-14(8-6-12)21-16-10-29(26,27)11-17(16)28-19(21)20-18(23)13-3-2-4-15(9-13)22(24)25/h2-9,16-17H,10-11H2,1H3. The van der Waals surface area contributed by atoms with Gasteiger partial charge in [-0.3, -0.25) is 14.9 Å². The Bertz CT molecular complexity index is 1130. The molecule has 2 fully saturated rings. The highest BCUT2D eigenvalue weighted by Crippen LogP contribution is 2.41. The molecular weight excluding hydrogens is 414 g/mol. The molecule has 2 atom stereocenters. The number of anilines is 1. The van der Waals surface area contributed by atoms with Crippen molar-refractivity contribution in [2.45, 2.75) is 18.2 Å². The van der Waals surface area contributed by atoms with E-state index in [-0.39, 0.29) is 34.0 Å². The Labute approximate surface area is 171 Å². The quantitative estimate of drug-likeness (QED) is 0.543. The summed E-state index contributed by atoms with van der Waals surface area (Å²) in [5.74, 6) is -0.562. The Morgan fingerprint density at radius 2 is 1.93 bits per heavy atom. The van der Waals surface area contributed by atoms with Crippen molar-refractivity contribution in [3.8, 4) is 0 Å². The third-order valence-corrected chi connectivity index (χ3v) is 8.09. The molecule has 150 valence electrons. The number of hydrogen-bond acceptors (Lipinski definition) is 6. The zero-order valence-electron chi connectivity index (χ0n) is 15.4. The number of carbonyl (C=O) groups excluding carboxylic acids is 1. The highest BCUT2D eigenvalue weighted by Gasteiger charge is 2.49. The van der Waals surface area contributed by atoms with Gasteiger partial charge in [-0.1, -0.05) is 35.5 Å². The first-order chi connectivity index (χ1) is 13.7. The van der Waals surface area contributed by atoms with Crippen molar-refractivity contribution in [3.63, 3.8) is 0 Å². The minimum Gasteiger partial charge on any atom is -0.316 e. The van der Waals surface area contributed by atoms with E-state index in [1.54, 1.807) is 4.90 Å². The van der Waals surface area contributed by atoms with Crippen LogP contribution in [0.15, 0.2) is 53.5 Å². The van der Waals surface area contributed by atoms with Gasteiger partial charge in [-0.15, -0.1) is 0 Å². The molecule has 0 bridgehead atoms. The smallest absolute Gasteiger partial charge is 0.279 e. The molecule has 4 rings (SSSR count). The molecule has 0 saturated carbocycles. The molecule has 29 heavy (non-hydrogen) atoms. The Kier molecular flexibility index (Phi) is 4.91. The number of benzene rings is 2. The number of amides is 1. The number of non-ortho nitro benzene ring substituents is 1. The molecule has 2 saturated heterocycles. The van der Waals surface area contributed by atoms with Gasteiger partial charge in [0.25, 0.3) is 11.6 Å². The summed E-state index contributed by atoms with van der Waals surface area (Å²) in [7, 11) is -3.15. The van der Waals surface area contributed by atoms with E-state index in [9.17, 15) is 23.3 Å². The summed E-state index contributed by atoms with van der Waals surface area (Å²) in [5, 5.41) is 11.2. The van der Waals surface area contributed by atoms with E-state index in [4.69, 9.17) is 0 Å². The molecule has 0 spiro atoms. The van der Waals surface area contributed by atoms with Crippen molar-refractivity contribution in [1.29, 1.82) is 0 Å². The first kappa shape index (κ1) is 19.6. The van der Waals surface area contributed by atoms with E-state index in [0.29, 0.717) is 5.17 Å². The largest absolute Gasteiger partial charge is 0.316 e. The van der Waals surface area contributed by atoms with Crippen molar-refractivity contribution < 1.29 is 18.1 Å². The lowest BCUT2D eigenvalue weighted by atomic mass is 10.1. The van der Waals surface area contributed by atoms with Crippen molar-refractivity contribution in [3.05, 3.63) is 69.8 Å². The maximum atomic E-state index is 12.7. The summed E-state index contributed by atoms with van der Waals surface area (Å²) >= 11 is 1.27. The number of rotatable bonds is 3. The summed E-state index contributed by atoms with van der Waals surface area (Å²) in [6.07, 6.45) is 0. The van der Waals surface area contributed by atoms with Crippen LogP contribution in [0.25, 0.3) is 0 Å². The van der Waals surface area contributed by atoms with Gasteiger partial charge >= 0.3 is 0 Å². The number of hydrogen-bond donors (Lipinski definition) is 0. The maximum Gasteiger partial charge on any atom is 0.279 e. The second-order valence-electron chi connectivity index (χ2n) is 7.01. The Hall–Kier alpha value is -2.72. The average molecular weight is 431 g/mol.